The van der Waals surface area contributed by atoms with E-state index in [-0.39, 0.29) is 29.9 Å². The van der Waals surface area contributed by atoms with Crippen LogP contribution >= 0.6 is 24.0 Å². The second kappa shape index (κ2) is 12.6. The van der Waals surface area contributed by atoms with Crippen LogP contribution in [0.1, 0.15) is 42.7 Å². The van der Waals surface area contributed by atoms with Gasteiger partial charge < -0.3 is 16.0 Å². The number of amides is 1. The average Bonchev–Trinajstić information content (AvgIpc) is 2.75. The Morgan fingerprint density at radius 1 is 1.13 bits per heavy atom. The number of halogens is 1. The maximum atomic E-state index is 11.3. The summed E-state index contributed by atoms with van der Waals surface area (Å²) in [4.78, 5) is 18.0. The minimum atomic E-state index is -0.214. The molecular formula is C24H33IN4O. The molecule has 1 saturated heterocycles. The van der Waals surface area contributed by atoms with Crippen LogP contribution in [0, 0.1) is 5.92 Å². The monoisotopic (exact) mass is 520 g/mol. The van der Waals surface area contributed by atoms with E-state index in [4.69, 9.17) is 5.73 Å². The van der Waals surface area contributed by atoms with Crippen molar-refractivity contribution in [3.05, 3.63) is 71.8 Å². The number of aliphatic imine (C=N–C) groups is 1. The van der Waals surface area contributed by atoms with Crippen molar-refractivity contribution in [1.82, 2.24) is 10.2 Å². The van der Waals surface area contributed by atoms with Gasteiger partial charge in [-0.2, -0.15) is 0 Å². The molecule has 1 aliphatic rings. The van der Waals surface area contributed by atoms with Gasteiger partial charge in [0.15, 0.2) is 5.96 Å². The van der Waals surface area contributed by atoms with Crippen LogP contribution in [0.2, 0.25) is 0 Å². The lowest BCUT2D eigenvalue weighted by atomic mass is 9.88. The van der Waals surface area contributed by atoms with E-state index in [1.165, 1.54) is 11.1 Å². The van der Waals surface area contributed by atoms with Gasteiger partial charge in [0.25, 0.3) is 0 Å². The van der Waals surface area contributed by atoms with Gasteiger partial charge in [-0.1, -0.05) is 60.7 Å². The van der Waals surface area contributed by atoms with E-state index >= 15 is 0 Å². The smallest absolute Gasteiger partial charge is 0.217 e. The number of hydrogen-bond acceptors (Lipinski definition) is 2. The van der Waals surface area contributed by atoms with Crippen molar-refractivity contribution in [1.29, 1.82) is 0 Å². The van der Waals surface area contributed by atoms with Crippen molar-refractivity contribution >= 4 is 35.8 Å². The van der Waals surface area contributed by atoms with E-state index in [0.29, 0.717) is 18.3 Å². The minimum absolute atomic E-state index is 0. The van der Waals surface area contributed by atoms with Crippen LogP contribution in [0.5, 0.6) is 0 Å². The zero-order chi connectivity index (χ0) is 20.5. The molecule has 3 N–H and O–H groups in total. The van der Waals surface area contributed by atoms with E-state index < -0.39 is 0 Å². The number of carbonyl (C=O) groups is 1. The van der Waals surface area contributed by atoms with Gasteiger partial charge in [0.2, 0.25) is 5.91 Å². The summed E-state index contributed by atoms with van der Waals surface area (Å²) in [6, 6.07) is 21.3. The number of nitrogens with zero attached hydrogens (tertiary/aromatic N) is 2. The average molecular weight is 520 g/mol. The van der Waals surface area contributed by atoms with Gasteiger partial charge in [0, 0.05) is 39.0 Å². The number of hydrogen-bond donors (Lipinski definition) is 2. The lowest BCUT2D eigenvalue weighted by Crippen LogP contribution is -2.47. The fraction of sp³-hybridized carbons (Fsp3) is 0.417. The SMILES string of the molecule is CN=C(NCCC(c1ccccc1)c1ccccc1)N1CCCC(CC(N)=O)C1.I. The highest BCUT2D eigenvalue weighted by Gasteiger charge is 2.23. The third-order valence-corrected chi connectivity index (χ3v) is 5.64. The van der Waals surface area contributed by atoms with Crippen LogP contribution in [0.15, 0.2) is 65.7 Å². The molecule has 1 amide bonds. The Bertz CT molecular complexity index is 758. The van der Waals surface area contributed by atoms with E-state index in [0.717, 1.165) is 44.9 Å². The normalized spacial score (nSPS) is 16.8. The van der Waals surface area contributed by atoms with Gasteiger partial charge in [0.1, 0.15) is 0 Å². The third-order valence-electron chi connectivity index (χ3n) is 5.64. The molecule has 1 unspecified atom stereocenters. The van der Waals surface area contributed by atoms with Crippen LogP contribution in [0.3, 0.4) is 0 Å². The van der Waals surface area contributed by atoms with Crippen molar-refractivity contribution in [3.8, 4) is 0 Å². The Kier molecular flexibility index (Phi) is 10.1. The van der Waals surface area contributed by atoms with Crippen LogP contribution < -0.4 is 11.1 Å². The van der Waals surface area contributed by atoms with Gasteiger partial charge in [-0.25, -0.2) is 0 Å². The molecule has 1 aliphatic heterocycles. The molecule has 6 heteroatoms. The van der Waals surface area contributed by atoms with Gasteiger partial charge in [-0.15, -0.1) is 24.0 Å². The molecule has 5 nitrogen and oxygen atoms in total. The second-order valence-corrected chi connectivity index (χ2v) is 7.76. The lowest BCUT2D eigenvalue weighted by molar-refractivity contribution is -0.119. The Morgan fingerprint density at radius 3 is 2.27 bits per heavy atom. The predicted molar refractivity (Wildman–Crippen MR) is 134 cm³/mol. The first-order valence-electron chi connectivity index (χ1n) is 10.5. The molecule has 0 spiro atoms. The molecule has 0 radical (unpaired) electrons. The maximum absolute atomic E-state index is 11.3. The molecule has 2 aromatic rings. The van der Waals surface area contributed by atoms with Crippen LogP contribution in [0.4, 0.5) is 0 Å². The topological polar surface area (TPSA) is 70.7 Å². The number of likely N-dealkylation sites (tertiary alicyclic amines) is 1. The lowest BCUT2D eigenvalue weighted by Gasteiger charge is -2.34. The van der Waals surface area contributed by atoms with Gasteiger partial charge in [0.05, 0.1) is 0 Å². The van der Waals surface area contributed by atoms with E-state index in [1.807, 2.05) is 7.05 Å². The van der Waals surface area contributed by atoms with E-state index in [2.05, 4.69) is 75.9 Å². The summed E-state index contributed by atoms with van der Waals surface area (Å²) >= 11 is 0. The quantitative estimate of drug-likeness (QED) is 0.330. The number of benzene rings is 2. The largest absolute Gasteiger partial charge is 0.370 e. The van der Waals surface area contributed by atoms with Crippen molar-refractivity contribution in [3.63, 3.8) is 0 Å². The van der Waals surface area contributed by atoms with Crippen molar-refractivity contribution < 1.29 is 4.79 Å². The molecule has 3 rings (SSSR count). The highest BCUT2D eigenvalue weighted by molar-refractivity contribution is 14.0. The number of primary amides is 1. The number of nitrogens with one attached hydrogen (secondary N) is 1. The molecular weight excluding hydrogens is 487 g/mol. The number of rotatable bonds is 7. The summed E-state index contributed by atoms with van der Waals surface area (Å²) in [5.41, 5.74) is 8.06. The number of piperidine rings is 1. The zero-order valence-electron chi connectivity index (χ0n) is 17.7. The summed E-state index contributed by atoms with van der Waals surface area (Å²) in [5.74, 6) is 1.36. The van der Waals surface area contributed by atoms with Crippen molar-refractivity contribution in [2.24, 2.45) is 16.6 Å². The summed E-state index contributed by atoms with van der Waals surface area (Å²) in [6.45, 7) is 2.64. The maximum Gasteiger partial charge on any atom is 0.217 e. The molecule has 1 atom stereocenters. The Morgan fingerprint density at radius 2 is 1.73 bits per heavy atom. The Balaban J connectivity index is 0.00000320. The first-order valence-corrected chi connectivity index (χ1v) is 10.5. The molecule has 2 aromatic carbocycles. The van der Waals surface area contributed by atoms with Crippen LogP contribution in [-0.4, -0.2) is 43.4 Å². The highest BCUT2D eigenvalue weighted by atomic mass is 127. The van der Waals surface area contributed by atoms with Crippen molar-refractivity contribution in [2.75, 3.05) is 26.7 Å². The molecule has 0 aromatic heterocycles. The molecule has 0 saturated carbocycles. The van der Waals surface area contributed by atoms with Crippen molar-refractivity contribution in [2.45, 2.75) is 31.6 Å². The summed E-state index contributed by atoms with van der Waals surface area (Å²) in [7, 11) is 1.83. The minimum Gasteiger partial charge on any atom is -0.370 e. The molecule has 1 heterocycles. The molecule has 0 bridgehead atoms. The first kappa shape index (κ1) is 24.2. The first-order chi connectivity index (χ1) is 14.2. The molecule has 0 aliphatic carbocycles. The molecule has 162 valence electrons. The standard InChI is InChI=1S/C24H32N4O.HI/c1-26-24(28-16-8-9-19(18-28)17-23(25)29)27-15-14-22(20-10-4-2-5-11-20)21-12-6-3-7-13-21;/h2-7,10-13,19,22H,8-9,14-18H2,1H3,(H2,25,29)(H,26,27);1H. The van der Waals surface area contributed by atoms with Gasteiger partial charge >= 0.3 is 0 Å². The summed E-state index contributed by atoms with van der Waals surface area (Å²) in [5, 5.41) is 3.54. The summed E-state index contributed by atoms with van der Waals surface area (Å²) < 4.78 is 0. The molecule has 30 heavy (non-hydrogen) atoms. The van der Waals surface area contributed by atoms with Gasteiger partial charge in [-0.3, -0.25) is 9.79 Å². The highest BCUT2D eigenvalue weighted by Crippen LogP contribution is 2.27. The fourth-order valence-corrected chi connectivity index (χ4v) is 4.27. The second-order valence-electron chi connectivity index (χ2n) is 7.76. The fourth-order valence-electron chi connectivity index (χ4n) is 4.27. The van der Waals surface area contributed by atoms with Gasteiger partial charge in [-0.05, 0) is 36.3 Å². The van der Waals surface area contributed by atoms with E-state index in [9.17, 15) is 4.79 Å². The van der Waals surface area contributed by atoms with Crippen LogP contribution in [-0.2, 0) is 4.79 Å². The Hall–Kier alpha value is -2.09. The summed E-state index contributed by atoms with van der Waals surface area (Å²) in [6.07, 6.45) is 3.55. The Labute approximate surface area is 197 Å². The number of guanidine groups is 1. The third kappa shape index (κ3) is 7.00. The number of nitrogens with two attached hydrogens (primary N) is 1. The van der Waals surface area contributed by atoms with Crippen LogP contribution in [0.25, 0.3) is 0 Å². The number of carbonyl (C=O) groups excluding carboxylic acids is 1. The predicted octanol–water partition coefficient (Wildman–Crippen LogP) is 3.99. The van der Waals surface area contributed by atoms with E-state index in [1.54, 1.807) is 0 Å². The zero-order valence-corrected chi connectivity index (χ0v) is 20.0. The molecule has 1 fully saturated rings.